The molecule has 7 nitrogen and oxygen atoms in total. The third-order valence-electron chi connectivity index (χ3n) is 3.05. The molecule has 0 aliphatic heterocycles. The van der Waals surface area contributed by atoms with Gasteiger partial charge in [0.25, 0.3) is 5.82 Å². The third-order valence-corrected chi connectivity index (χ3v) is 3.65. The van der Waals surface area contributed by atoms with E-state index in [2.05, 4.69) is 25.3 Å². The number of aliphatic hydroxyl groups is 1. The molecular formula is C13H8Cl2F6N4O3. The van der Waals surface area contributed by atoms with E-state index in [1.165, 1.54) is 0 Å². The Morgan fingerprint density at radius 2 is 1.75 bits per heavy atom. The summed E-state index contributed by atoms with van der Waals surface area (Å²) in [5, 5.41) is 15.2. The van der Waals surface area contributed by atoms with Gasteiger partial charge in [0.1, 0.15) is 0 Å². The maximum Gasteiger partial charge on any atom is 0.455 e. The Bertz CT molecular complexity index is 848. The van der Waals surface area contributed by atoms with Crippen molar-refractivity contribution in [1.82, 2.24) is 15.5 Å². The van der Waals surface area contributed by atoms with Gasteiger partial charge in [-0.05, 0) is 17.7 Å². The maximum atomic E-state index is 12.5. The molecule has 2 aromatic rings. The van der Waals surface area contributed by atoms with Crippen LogP contribution in [0.1, 0.15) is 23.4 Å². The van der Waals surface area contributed by atoms with Crippen LogP contribution in [0, 0.1) is 0 Å². The van der Waals surface area contributed by atoms with E-state index >= 15 is 0 Å². The van der Waals surface area contributed by atoms with Gasteiger partial charge in [-0.25, -0.2) is 4.79 Å². The molecular weight excluding hydrogens is 445 g/mol. The summed E-state index contributed by atoms with van der Waals surface area (Å²) in [6.07, 6.45) is -12.6. The molecule has 0 saturated carbocycles. The van der Waals surface area contributed by atoms with Gasteiger partial charge in [0, 0.05) is 0 Å². The lowest BCUT2D eigenvalue weighted by atomic mass is 10.1. The van der Waals surface area contributed by atoms with Gasteiger partial charge in [-0.15, -0.1) is 0 Å². The van der Waals surface area contributed by atoms with Gasteiger partial charge in [0.05, 0.1) is 22.3 Å². The summed E-state index contributed by atoms with van der Waals surface area (Å²) in [7, 11) is 0. The molecule has 28 heavy (non-hydrogen) atoms. The molecule has 1 heterocycles. The van der Waals surface area contributed by atoms with Gasteiger partial charge in [-0.2, -0.15) is 31.3 Å². The molecule has 154 valence electrons. The van der Waals surface area contributed by atoms with Crippen LogP contribution in [0.5, 0.6) is 0 Å². The van der Waals surface area contributed by atoms with E-state index in [1.54, 1.807) is 0 Å². The highest BCUT2D eigenvalue weighted by molar-refractivity contribution is 6.39. The highest BCUT2D eigenvalue weighted by Gasteiger charge is 2.40. The predicted molar refractivity (Wildman–Crippen MR) is 82.6 cm³/mol. The highest BCUT2D eigenvalue weighted by atomic mass is 35.5. The molecule has 0 unspecified atom stereocenters. The van der Waals surface area contributed by atoms with Crippen LogP contribution in [-0.4, -0.2) is 27.5 Å². The molecule has 1 aromatic heterocycles. The highest BCUT2D eigenvalue weighted by Crippen LogP contribution is 2.38. The van der Waals surface area contributed by atoms with E-state index in [9.17, 15) is 36.2 Å². The summed E-state index contributed by atoms with van der Waals surface area (Å²) in [5.41, 5.74) is -0.945. The quantitative estimate of drug-likeness (QED) is 0.600. The molecule has 1 aromatic carbocycles. The van der Waals surface area contributed by atoms with Crippen molar-refractivity contribution in [3.8, 4) is 0 Å². The Balaban J connectivity index is 2.05. The van der Waals surface area contributed by atoms with E-state index < -0.39 is 58.4 Å². The molecule has 3 N–H and O–H groups in total. The lowest BCUT2D eigenvalue weighted by molar-refractivity contribution is -0.206. The molecule has 0 radical (unpaired) electrons. The Hall–Kier alpha value is -2.25. The fraction of sp³-hybridized carbons (Fsp3) is 0.308. The van der Waals surface area contributed by atoms with Gasteiger partial charge in [-0.1, -0.05) is 28.4 Å². The van der Waals surface area contributed by atoms with Crippen molar-refractivity contribution in [2.75, 3.05) is 5.32 Å². The number of anilines is 1. The molecule has 0 spiro atoms. The summed E-state index contributed by atoms with van der Waals surface area (Å²) in [5.74, 6) is -2.09. The number of carbonyl (C=O) groups is 1. The average Bonchev–Trinajstić information content (AvgIpc) is 3.04. The summed E-state index contributed by atoms with van der Waals surface area (Å²) in [6.45, 7) is -0.588. The molecule has 0 aliphatic carbocycles. The number of benzene rings is 1. The number of aromatic nitrogens is 2. The first kappa shape index (κ1) is 22.0. The number of hydrogen-bond donors (Lipinski definition) is 3. The third kappa shape index (κ3) is 5.39. The zero-order valence-electron chi connectivity index (χ0n) is 13.1. The number of carbonyl (C=O) groups excluding carboxylic acids is 1. The smallest absolute Gasteiger partial charge is 0.379 e. The summed E-state index contributed by atoms with van der Waals surface area (Å²) < 4.78 is 78.9. The molecule has 15 heteroatoms. The average molecular weight is 453 g/mol. The second-order valence-electron chi connectivity index (χ2n) is 5.12. The Kier molecular flexibility index (Phi) is 6.31. The molecule has 2 amide bonds. The van der Waals surface area contributed by atoms with E-state index in [-0.39, 0.29) is 5.69 Å². The van der Waals surface area contributed by atoms with Crippen molar-refractivity contribution >= 4 is 34.9 Å². The number of amides is 2. The van der Waals surface area contributed by atoms with Crippen molar-refractivity contribution in [2.45, 2.75) is 25.0 Å². The Morgan fingerprint density at radius 1 is 1.18 bits per heavy atom. The Morgan fingerprint density at radius 3 is 2.21 bits per heavy atom. The van der Waals surface area contributed by atoms with Crippen molar-refractivity contribution in [3.05, 3.63) is 39.5 Å². The molecule has 0 bridgehead atoms. The maximum absolute atomic E-state index is 12.5. The van der Waals surface area contributed by atoms with Crippen LogP contribution in [0.25, 0.3) is 0 Å². The minimum absolute atomic E-state index is 0.291. The fourth-order valence-electron chi connectivity index (χ4n) is 1.81. The molecule has 1 atom stereocenters. The summed E-state index contributed by atoms with van der Waals surface area (Å²) in [6, 6.07) is 0.462. The van der Waals surface area contributed by atoms with Gasteiger partial charge in [0.2, 0.25) is 5.89 Å². The van der Waals surface area contributed by atoms with E-state index in [0.29, 0.717) is 0 Å². The zero-order valence-corrected chi connectivity index (χ0v) is 14.6. The van der Waals surface area contributed by atoms with Crippen LogP contribution in [0.15, 0.2) is 16.7 Å². The predicted octanol–water partition coefficient (Wildman–Crippen LogP) is 4.31. The van der Waals surface area contributed by atoms with Gasteiger partial charge in [0.15, 0.2) is 6.10 Å². The first-order valence-electron chi connectivity index (χ1n) is 6.97. The van der Waals surface area contributed by atoms with Crippen LogP contribution in [0.2, 0.25) is 10.0 Å². The SMILES string of the molecule is O=C(NCc1nc(C(F)(F)F)no1)Nc1c(Cl)cc([C@H](O)C(F)(F)F)cc1Cl. The monoisotopic (exact) mass is 452 g/mol. The first-order chi connectivity index (χ1) is 12.8. The molecule has 0 aliphatic rings. The molecule has 2 rings (SSSR count). The Labute approximate surface area is 161 Å². The van der Waals surface area contributed by atoms with Crippen molar-refractivity contribution in [2.24, 2.45) is 0 Å². The van der Waals surface area contributed by atoms with Crippen LogP contribution in [-0.2, 0) is 12.7 Å². The lowest BCUT2D eigenvalue weighted by Gasteiger charge is -2.17. The minimum Gasteiger partial charge on any atom is -0.379 e. The van der Waals surface area contributed by atoms with Gasteiger partial charge < -0.3 is 20.3 Å². The van der Waals surface area contributed by atoms with Crippen LogP contribution < -0.4 is 10.6 Å². The fourth-order valence-corrected chi connectivity index (χ4v) is 2.41. The van der Waals surface area contributed by atoms with Crippen molar-refractivity contribution in [3.63, 3.8) is 0 Å². The van der Waals surface area contributed by atoms with Crippen LogP contribution in [0.3, 0.4) is 0 Å². The standard InChI is InChI=1S/C13H8Cl2F6N4O3/c14-5-1-4(9(26)12(16,17)18)2-6(15)8(5)24-11(27)22-3-7-23-10(25-28-7)13(19,20)21/h1-2,9,26H,3H2,(H2,22,24,27)/t9-/m0/s1. The summed E-state index contributed by atoms with van der Waals surface area (Å²) >= 11 is 11.5. The largest absolute Gasteiger partial charge is 0.455 e. The van der Waals surface area contributed by atoms with Gasteiger partial charge in [-0.3, -0.25) is 0 Å². The number of aliphatic hydroxyl groups excluding tert-OH is 1. The van der Waals surface area contributed by atoms with E-state index in [1.807, 2.05) is 0 Å². The topological polar surface area (TPSA) is 100 Å². The molecule has 0 fully saturated rings. The van der Waals surface area contributed by atoms with E-state index in [4.69, 9.17) is 23.2 Å². The number of hydrogen-bond acceptors (Lipinski definition) is 5. The second kappa shape index (κ2) is 8.01. The van der Waals surface area contributed by atoms with Crippen LogP contribution >= 0.6 is 23.2 Å². The number of urea groups is 1. The number of nitrogens with zero attached hydrogens (tertiary/aromatic N) is 2. The summed E-state index contributed by atoms with van der Waals surface area (Å²) in [4.78, 5) is 14.8. The lowest BCUT2D eigenvalue weighted by Crippen LogP contribution is -2.28. The number of halogens is 8. The van der Waals surface area contributed by atoms with Crippen LogP contribution in [0.4, 0.5) is 36.8 Å². The number of alkyl halides is 6. The minimum atomic E-state index is -4.96. The zero-order chi connectivity index (χ0) is 21.3. The number of rotatable bonds is 4. The van der Waals surface area contributed by atoms with Gasteiger partial charge >= 0.3 is 18.4 Å². The van der Waals surface area contributed by atoms with Crippen molar-refractivity contribution in [1.29, 1.82) is 0 Å². The van der Waals surface area contributed by atoms with Crippen molar-refractivity contribution < 1.29 is 40.8 Å². The normalized spacial score (nSPS) is 13.3. The second-order valence-corrected chi connectivity index (χ2v) is 5.94. The number of nitrogens with one attached hydrogen (secondary N) is 2. The van der Waals surface area contributed by atoms with E-state index in [0.717, 1.165) is 12.1 Å². The molecule has 0 saturated heterocycles. The first-order valence-corrected chi connectivity index (χ1v) is 7.73.